The lowest BCUT2D eigenvalue weighted by Gasteiger charge is -2.37. The number of hydrogen-bond acceptors (Lipinski definition) is 3. The zero-order chi connectivity index (χ0) is 14.6. The maximum atomic E-state index is 4.65. The van der Waals surface area contributed by atoms with Crippen LogP contribution in [0.2, 0.25) is 0 Å². The van der Waals surface area contributed by atoms with Crippen LogP contribution >= 0.6 is 0 Å². The normalized spacial score (nSPS) is 21.1. The smallest absolute Gasteiger partial charge is 0.0547 e. The van der Waals surface area contributed by atoms with Crippen LogP contribution in [0.15, 0.2) is 18.2 Å². The van der Waals surface area contributed by atoms with Gasteiger partial charge in [0, 0.05) is 30.4 Å². The standard InChI is InChI=1S/C17H29N3/c1-14-8-7-9-15(19-14)13-20-11-6-5-10-16(20)12-18-17(2,3)4/h7-9,16,18H,5-6,10-13H2,1-4H3. The minimum absolute atomic E-state index is 0.199. The molecule has 0 spiro atoms. The Morgan fingerprint density at radius 3 is 2.80 bits per heavy atom. The maximum absolute atomic E-state index is 4.65. The Kier molecular flexibility index (Phi) is 5.17. The zero-order valence-corrected chi connectivity index (χ0v) is 13.4. The zero-order valence-electron chi connectivity index (χ0n) is 13.4. The van der Waals surface area contributed by atoms with E-state index in [-0.39, 0.29) is 5.54 Å². The minimum atomic E-state index is 0.199. The summed E-state index contributed by atoms with van der Waals surface area (Å²) in [6.45, 7) is 12.0. The first kappa shape index (κ1) is 15.5. The van der Waals surface area contributed by atoms with Gasteiger partial charge in [0.15, 0.2) is 0 Å². The van der Waals surface area contributed by atoms with Gasteiger partial charge in [0.2, 0.25) is 0 Å². The molecule has 1 saturated heterocycles. The molecule has 3 nitrogen and oxygen atoms in total. The third-order valence-corrected chi connectivity index (χ3v) is 3.93. The molecule has 2 heterocycles. The van der Waals surface area contributed by atoms with Crippen molar-refractivity contribution in [2.75, 3.05) is 13.1 Å². The first-order valence-electron chi connectivity index (χ1n) is 7.86. The molecule has 20 heavy (non-hydrogen) atoms. The molecule has 1 N–H and O–H groups in total. The number of rotatable bonds is 4. The Bertz CT molecular complexity index is 422. The molecule has 1 unspecified atom stereocenters. The van der Waals surface area contributed by atoms with E-state index in [1.54, 1.807) is 0 Å². The molecule has 1 aromatic heterocycles. The van der Waals surface area contributed by atoms with Gasteiger partial charge in [0.1, 0.15) is 0 Å². The van der Waals surface area contributed by atoms with E-state index in [0.717, 1.165) is 18.8 Å². The highest BCUT2D eigenvalue weighted by molar-refractivity contribution is 5.10. The van der Waals surface area contributed by atoms with Gasteiger partial charge in [0.25, 0.3) is 0 Å². The fourth-order valence-electron chi connectivity index (χ4n) is 2.82. The Morgan fingerprint density at radius 2 is 2.10 bits per heavy atom. The second kappa shape index (κ2) is 6.68. The van der Waals surface area contributed by atoms with Crippen molar-refractivity contribution in [3.63, 3.8) is 0 Å². The predicted molar refractivity (Wildman–Crippen MR) is 84.8 cm³/mol. The van der Waals surface area contributed by atoms with Crippen LogP contribution in [0.5, 0.6) is 0 Å². The van der Waals surface area contributed by atoms with Crippen molar-refractivity contribution in [3.8, 4) is 0 Å². The van der Waals surface area contributed by atoms with E-state index >= 15 is 0 Å². The number of piperidine rings is 1. The summed E-state index contributed by atoms with van der Waals surface area (Å²) in [7, 11) is 0. The van der Waals surface area contributed by atoms with Gasteiger partial charge in [-0.3, -0.25) is 9.88 Å². The molecule has 112 valence electrons. The van der Waals surface area contributed by atoms with Crippen LogP contribution in [0.3, 0.4) is 0 Å². The average molecular weight is 275 g/mol. The quantitative estimate of drug-likeness (QED) is 0.915. The lowest BCUT2D eigenvalue weighted by Crippen LogP contribution is -2.49. The molecule has 1 atom stereocenters. The number of pyridine rings is 1. The number of aromatic nitrogens is 1. The van der Waals surface area contributed by atoms with E-state index in [4.69, 9.17) is 0 Å². The highest BCUT2D eigenvalue weighted by Gasteiger charge is 2.24. The second-order valence-corrected chi connectivity index (χ2v) is 7.02. The summed E-state index contributed by atoms with van der Waals surface area (Å²) < 4.78 is 0. The van der Waals surface area contributed by atoms with Gasteiger partial charge in [0.05, 0.1) is 5.69 Å². The molecule has 0 radical (unpaired) electrons. The van der Waals surface area contributed by atoms with Crippen molar-refractivity contribution in [2.45, 2.75) is 65.1 Å². The van der Waals surface area contributed by atoms with Crippen LogP contribution in [0.1, 0.15) is 51.4 Å². The second-order valence-electron chi connectivity index (χ2n) is 7.02. The van der Waals surface area contributed by atoms with E-state index in [2.05, 4.69) is 61.1 Å². The molecule has 1 aliphatic heterocycles. The number of hydrogen-bond donors (Lipinski definition) is 1. The Balaban J connectivity index is 1.96. The van der Waals surface area contributed by atoms with E-state index < -0.39 is 0 Å². The third-order valence-electron chi connectivity index (χ3n) is 3.93. The molecule has 2 rings (SSSR count). The SMILES string of the molecule is Cc1cccc(CN2CCCCC2CNC(C)(C)C)n1. The Hall–Kier alpha value is -0.930. The summed E-state index contributed by atoms with van der Waals surface area (Å²) in [5.74, 6) is 0. The minimum Gasteiger partial charge on any atom is -0.311 e. The van der Waals surface area contributed by atoms with Crippen molar-refractivity contribution in [1.29, 1.82) is 0 Å². The van der Waals surface area contributed by atoms with Gasteiger partial charge in [-0.1, -0.05) is 12.5 Å². The monoisotopic (exact) mass is 275 g/mol. The Morgan fingerprint density at radius 1 is 1.30 bits per heavy atom. The first-order valence-corrected chi connectivity index (χ1v) is 7.86. The van der Waals surface area contributed by atoms with Crippen molar-refractivity contribution in [2.24, 2.45) is 0 Å². The van der Waals surface area contributed by atoms with Crippen LogP contribution in [0.25, 0.3) is 0 Å². The highest BCUT2D eigenvalue weighted by Crippen LogP contribution is 2.19. The van der Waals surface area contributed by atoms with E-state index in [1.807, 2.05) is 0 Å². The summed E-state index contributed by atoms with van der Waals surface area (Å²) in [5, 5.41) is 3.66. The van der Waals surface area contributed by atoms with Gasteiger partial charge in [-0.05, 0) is 59.2 Å². The molecule has 0 aliphatic carbocycles. The van der Waals surface area contributed by atoms with Gasteiger partial charge in [-0.15, -0.1) is 0 Å². The van der Waals surface area contributed by atoms with Crippen LogP contribution < -0.4 is 5.32 Å². The summed E-state index contributed by atoms with van der Waals surface area (Å²) in [4.78, 5) is 7.25. The highest BCUT2D eigenvalue weighted by atomic mass is 15.2. The summed E-state index contributed by atoms with van der Waals surface area (Å²) in [6.07, 6.45) is 3.97. The van der Waals surface area contributed by atoms with E-state index in [1.165, 1.54) is 31.5 Å². The number of nitrogens with one attached hydrogen (secondary N) is 1. The van der Waals surface area contributed by atoms with E-state index in [0.29, 0.717) is 6.04 Å². The van der Waals surface area contributed by atoms with Crippen molar-refractivity contribution < 1.29 is 0 Å². The molecule has 0 aromatic carbocycles. The predicted octanol–water partition coefficient (Wildman–Crippen LogP) is 3.13. The van der Waals surface area contributed by atoms with Gasteiger partial charge < -0.3 is 5.32 Å². The van der Waals surface area contributed by atoms with Crippen LogP contribution in [-0.2, 0) is 6.54 Å². The van der Waals surface area contributed by atoms with Crippen molar-refractivity contribution >= 4 is 0 Å². The summed E-state index contributed by atoms with van der Waals surface area (Å²) in [5.41, 5.74) is 2.52. The molecule has 1 aliphatic rings. The fraction of sp³-hybridized carbons (Fsp3) is 0.706. The topological polar surface area (TPSA) is 28.2 Å². The summed E-state index contributed by atoms with van der Waals surface area (Å²) in [6, 6.07) is 6.98. The molecular weight excluding hydrogens is 246 g/mol. The number of likely N-dealkylation sites (tertiary alicyclic amines) is 1. The molecule has 0 bridgehead atoms. The maximum Gasteiger partial charge on any atom is 0.0547 e. The fourth-order valence-corrected chi connectivity index (χ4v) is 2.82. The lowest BCUT2D eigenvalue weighted by molar-refractivity contribution is 0.129. The van der Waals surface area contributed by atoms with Gasteiger partial charge in [-0.2, -0.15) is 0 Å². The van der Waals surface area contributed by atoms with Crippen molar-refractivity contribution in [1.82, 2.24) is 15.2 Å². The van der Waals surface area contributed by atoms with Crippen molar-refractivity contribution in [3.05, 3.63) is 29.6 Å². The van der Waals surface area contributed by atoms with Crippen LogP contribution in [-0.4, -0.2) is 34.6 Å². The summed E-state index contributed by atoms with van der Waals surface area (Å²) >= 11 is 0. The Labute approximate surface area is 123 Å². The third kappa shape index (κ3) is 4.88. The average Bonchev–Trinajstić information content (AvgIpc) is 2.37. The lowest BCUT2D eigenvalue weighted by atomic mass is 10.00. The molecule has 1 aromatic rings. The van der Waals surface area contributed by atoms with Crippen LogP contribution in [0.4, 0.5) is 0 Å². The molecule has 1 fully saturated rings. The van der Waals surface area contributed by atoms with Crippen LogP contribution in [0, 0.1) is 6.92 Å². The first-order chi connectivity index (χ1) is 9.44. The van der Waals surface area contributed by atoms with Gasteiger partial charge >= 0.3 is 0 Å². The molecular formula is C17H29N3. The number of nitrogens with zero attached hydrogens (tertiary/aromatic N) is 2. The molecule has 3 heteroatoms. The molecule has 0 saturated carbocycles. The largest absolute Gasteiger partial charge is 0.311 e. The number of aryl methyl sites for hydroxylation is 1. The van der Waals surface area contributed by atoms with Gasteiger partial charge in [-0.25, -0.2) is 0 Å². The van der Waals surface area contributed by atoms with E-state index in [9.17, 15) is 0 Å². The molecule has 0 amide bonds.